The van der Waals surface area contributed by atoms with Gasteiger partial charge in [0.15, 0.2) is 0 Å². The highest BCUT2D eigenvalue weighted by atomic mass is 35.5. The number of rotatable bonds is 2. The van der Waals surface area contributed by atoms with E-state index in [0.29, 0.717) is 25.6 Å². The van der Waals surface area contributed by atoms with Crippen molar-refractivity contribution in [2.75, 3.05) is 26.2 Å². The molecule has 0 unspecified atom stereocenters. The molecule has 0 aromatic carbocycles. The summed E-state index contributed by atoms with van der Waals surface area (Å²) in [5.41, 5.74) is 5.60. The molecule has 116 valence electrons. The number of hydrogen-bond acceptors (Lipinski definition) is 6. The van der Waals surface area contributed by atoms with E-state index in [-0.39, 0.29) is 25.0 Å². The summed E-state index contributed by atoms with van der Waals surface area (Å²) >= 11 is 0. The fourth-order valence-corrected chi connectivity index (χ4v) is 1.88. The van der Waals surface area contributed by atoms with Gasteiger partial charge >= 0.3 is 12.2 Å². The number of ether oxygens (including phenoxy) is 2. The Morgan fingerprint density at radius 1 is 1.50 bits per heavy atom. The zero-order valence-electron chi connectivity index (χ0n) is 11.4. The minimum Gasteiger partial charge on any atom is -0.434 e. The molecule has 1 saturated heterocycles. The second kappa shape index (κ2) is 9.38. The van der Waals surface area contributed by atoms with Crippen molar-refractivity contribution in [1.29, 1.82) is 5.41 Å². The molecule has 1 heterocycles. The van der Waals surface area contributed by atoms with E-state index in [2.05, 4.69) is 14.8 Å². The predicted molar refractivity (Wildman–Crippen MR) is 75.0 cm³/mol. The molecule has 1 rings (SSSR count). The van der Waals surface area contributed by atoms with Gasteiger partial charge < -0.3 is 20.1 Å². The first-order valence-electron chi connectivity index (χ1n) is 6.26. The zero-order valence-corrected chi connectivity index (χ0v) is 12.2. The Hall–Kier alpha value is -1.54. The first kappa shape index (κ1) is 18.5. The second-order valence-corrected chi connectivity index (χ2v) is 4.24. The van der Waals surface area contributed by atoms with Crippen molar-refractivity contribution in [3.05, 3.63) is 0 Å². The molecular formula is C11H21ClN4O4. The molecule has 0 aliphatic carbocycles. The highest BCUT2D eigenvalue weighted by molar-refractivity contribution is 5.95. The molecule has 20 heavy (non-hydrogen) atoms. The molecule has 0 aromatic heterocycles. The highest BCUT2D eigenvalue weighted by Crippen LogP contribution is 2.14. The molecule has 1 amide bonds. The average Bonchev–Trinajstić information content (AvgIpc) is 2.38. The minimum atomic E-state index is -1.08. The molecule has 0 radical (unpaired) electrons. The van der Waals surface area contributed by atoms with Gasteiger partial charge in [-0.25, -0.2) is 9.59 Å². The number of guanidine groups is 1. The summed E-state index contributed by atoms with van der Waals surface area (Å²) < 4.78 is 8.75. The average molecular weight is 309 g/mol. The van der Waals surface area contributed by atoms with Crippen LogP contribution in [0.3, 0.4) is 0 Å². The van der Waals surface area contributed by atoms with Crippen molar-refractivity contribution < 1.29 is 19.1 Å². The SMILES string of the molecule is CCOC(=O)OC(=O)NC(=N)N1CCC[C@@H](CN)C1.Cl. The Morgan fingerprint density at radius 3 is 2.80 bits per heavy atom. The lowest BCUT2D eigenvalue weighted by molar-refractivity contribution is 0.0801. The third-order valence-electron chi connectivity index (χ3n) is 2.83. The second-order valence-electron chi connectivity index (χ2n) is 4.24. The van der Waals surface area contributed by atoms with Crippen molar-refractivity contribution in [1.82, 2.24) is 10.2 Å². The van der Waals surface area contributed by atoms with E-state index in [1.54, 1.807) is 11.8 Å². The number of hydrogen-bond donors (Lipinski definition) is 3. The molecule has 0 saturated carbocycles. The van der Waals surface area contributed by atoms with E-state index in [1.165, 1.54) is 0 Å². The van der Waals surface area contributed by atoms with Gasteiger partial charge in [-0.05, 0) is 32.2 Å². The number of nitrogens with two attached hydrogens (primary N) is 1. The summed E-state index contributed by atoms with van der Waals surface area (Å²) in [5.74, 6) is 0.226. The monoisotopic (exact) mass is 308 g/mol. The van der Waals surface area contributed by atoms with Crippen LogP contribution >= 0.6 is 12.4 Å². The van der Waals surface area contributed by atoms with Gasteiger partial charge in [0.1, 0.15) is 0 Å². The summed E-state index contributed by atoms with van der Waals surface area (Å²) in [5, 5.41) is 9.94. The summed E-state index contributed by atoms with van der Waals surface area (Å²) in [6.07, 6.45) is -0.156. The number of alkyl carbamates (subject to hydrolysis) is 1. The van der Waals surface area contributed by atoms with E-state index >= 15 is 0 Å². The Bertz CT molecular complexity index is 353. The number of nitrogens with one attached hydrogen (secondary N) is 2. The normalized spacial score (nSPS) is 17.7. The standard InChI is InChI=1S/C11H20N4O4.ClH/c1-2-18-11(17)19-10(16)14-9(13)15-5-3-4-8(6-12)7-15;/h8H,2-7,12H2,1H3,(H2,13,14,16);1H/t8-;/m0./s1. The van der Waals surface area contributed by atoms with E-state index in [1.807, 2.05) is 0 Å². The molecular weight excluding hydrogens is 288 g/mol. The van der Waals surface area contributed by atoms with Gasteiger partial charge in [-0.3, -0.25) is 10.7 Å². The lowest BCUT2D eigenvalue weighted by Crippen LogP contribution is -2.49. The quantitative estimate of drug-likeness (QED) is 0.302. The molecule has 1 fully saturated rings. The summed E-state index contributed by atoms with van der Waals surface area (Å²) in [7, 11) is 0. The predicted octanol–water partition coefficient (Wildman–Crippen LogP) is 0.896. The van der Waals surface area contributed by atoms with Crippen molar-refractivity contribution in [3.63, 3.8) is 0 Å². The molecule has 0 bridgehead atoms. The van der Waals surface area contributed by atoms with Crippen LogP contribution in [0.2, 0.25) is 0 Å². The summed E-state index contributed by atoms with van der Waals surface area (Å²) in [6.45, 7) is 3.57. The van der Waals surface area contributed by atoms with E-state index < -0.39 is 12.2 Å². The van der Waals surface area contributed by atoms with E-state index in [4.69, 9.17) is 11.1 Å². The Labute approximate surface area is 123 Å². The molecule has 0 spiro atoms. The molecule has 4 N–H and O–H groups in total. The summed E-state index contributed by atoms with van der Waals surface area (Å²) in [4.78, 5) is 23.9. The van der Waals surface area contributed by atoms with Gasteiger partial charge in [0, 0.05) is 13.1 Å². The molecule has 1 atom stereocenters. The van der Waals surface area contributed by atoms with E-state index in [0.717, 1.165) is 12.8 Å². The van der Waals surface area contributed by atoms with Gasteiger partial charge in [0.05, 0.1) is 6.61 Å². The van der Waals surface area contributed by atoms with Crippen molar-refractivity contribution in [2.45, 2.75) is 19.8 Å². The maximum absolute atomic E-state index is 11.3. The molecule has 1 aliphatic heterocycles. The van der Waals surface area contributed by atoms with Crippen LogP contribution in [0.5, 0.6) is 0 Å². The largest absolute Gasteiger partial charge is 0.517 e. The van der Waals surface area contributed by atoms with Crippen LogP contribution in [0, 0.1) is 11.3 Å². The Balaban J connectivity index is 0.00000361. The Kier molecular flexibility index (Phi) is 8.66. The number of halogens is 1. The molecule has 8 nitrogen and oxygen atoms in total. The minimum absolute atomic E-state index is 0. The van der Waals surface area contributed by atoms with Crippen LogP contribution in [0.25, 0.3) is 0 Å². The van der Waals surface area contributed by atoms with Gasteiger partial charge in [-0.2, -0.15) is 0 Å². The zero-order chi connectivity index (χ0) is 14.3. The number of piperidine rings is 1. The third kappa shape index (κ3) is 6.07. The Morgan fingerprint density at radius 2 is 2.20 bits per heavy atom. The van der Waals surface area contributed by atoms with Gasteiger partial charge in [0.25, 0.3) is 0 Å². The van der Waals surface area contributed by atoms with Crippen LogP contribution < -0.4 is 11.1 Å². The first-order chi connectivity index (χ1) is 9.06. The number of nitrogens with zero attached hydrogens (tertiary/aromatic N) is 1. The van der Waals surface area contributed by atoms with Crippen LogP contribution in [0.1, 0.15) is 19.8 Å². The fraction of sp³-hybridized carbons (Fsp3) is 0.727. The molecule has 1 aliphatic rings. The topological polar surface area (TPSA) is 118 Å². The fourth-order valence-electron chi connectivity index (χ4n) is 1.88. The molecule has 0 aromatic rings. The maximum Gasteiger partial charge on any atom is 0.517 e. The van der Waals surface area contributed by atoms with Crippen LogP contribution in [0.4, 0.5) is 9.59 Å². The van der Waals surface area contributed by atoms with Crippen molar-refractivity contribution in [2.24, 2.45) is 11.7 Å². The highest BCUT2D eigenvalue weighted by Gasteiger charge is 2.22. The maximum atomic E-state index is 11.3. The van der Waals surface area contributed by atoms with Crippen LogP contribution in [0.15, 0.2) is 0 Å². The first-order valence-corrected chi connectivity index (χ1v) is 6.26. The van der Waals surface area contributed by atoms with E-state index in [9.17, 15) is 9.59 Å². The number of carbonyl (C=O) groups excluding carboxylic acids is 2. The number of amides is 1. The lowest BCUT2D eigenvalue weighted by atomic mass is 9.99. The van der Waals surface area contributed by atoms with Crippen molar-refractivity contribution >= 4 is 30.6 Å². The van der Waals surface area contributed by atoms with Gasteiger partial charge in [0.2, 0.25) is 5.96 Å². The van der Waals surface area contributed by atoms with Crippen LogP contribution in [-0.4, -0.2) is 49.3 Å². The van der Waals surface area contributed by atoms with Gasteiger partial charge in [-0.15, -0.1) is 12.4 Å². The number of likely N-dealkylation sites (tertiary alicyclic amines) is 1. The molecule has 9 heteroatoms. The van der Waals surface area contributed by atoms with Crippen LogP contribution in [-0.2, 0) is 9.47 Å². The summed E-state index contributed by atoms with van der Waals surface area (Å²) in [6, 6.07) is 0. The van der Waals surface area contributed by atoms with Gasteiger partial charge in [-0.1, -0.05) is 0 Å². The lowest BCUT2D eigenvalue weighted by Gasteiger charge is -2.33. The van der Waals surface area contributed by atoms with Crippen molar-refractivity contribution in [3.8, 4) is 0 Å². The number of carbonyl (C=O) groups is 2. The third-order valence-corrected chi connectivity index (χ3v) is 2.83. The smallest absolute Gasteiger partial charge is 0.434 e.